The Hall–Kier alpha value is -3.19. The topological polar surface area (TPSA) is 83.6 Å². The normalized spacial score (nSPS) is 18.2. The highest BCUT2D eigenvalue weighted by Crippen LogP contribution is 2.29. The van der Waals surface area contributed by atoms with Crippen LogP contribution in [0.3, 0.4) is 0 Å². The summed E-state index contributed by atoms with van der Waals surface area (Å²) in [5.74, 6) is -1.28. The fourth-order valence-electron chi connectivity index (χ4n) is 3.93. The summed E-state index contributed by atoms with van der Waals surface area (Å²) in [4.78, 5) is 52.7. The lowest BCUT2D eigenvalue weighted by Gasteiger charge is -2.29. The first-order valence-electron chi connectivity index (χ1n) is 10.1. The highest BCUT2D eigenvalue weighted by atomic mass is 32.2. The third-order valence-corrected chi connectivity index (χ3v) is 6.41. The SMILES string of the molecule is C=C1CCC(N2C(=O)c3ccc(CCC(=O)c4ccc(SC)cc4)cc3C2=O)C(=O)N1. The molecule has 0 saturated carbocycles. The Morgan fingerprint density at radius 1 is 1.10 bits per heavy atom. The van der Waals surface area contributed by atoms with Crippen LogP contribution in [0.2, 0.25) is 0 Å². The molecule has 1 saturated heterocycles. The van der Waals surface area contributed by atoms with Crippen molar-refractivity contribution < 1.29 is 19.2 Å². The van der Waals surface area contributed by atoms with Gasteiger partial charge in [0, 0.05) is 22.6 Å². The summed E-state index contributed by atoms with van der Waals surface area (Å²) in [7, 11) is 0. The number of imide groups is 1. The molecule has 2 heterocycles. The van der Waals surface area contributed by atoms with Gasteiger partial charge < -0.3 is 5.32 Å². The van der Waals surface area contributed by atoms with E-state index in [4.69, 9.17) is 0 Å². The van der Waals surface area contributed by atoms with Gasteiger partial charge in [-0.2, -0.15) is 0 Å². The molecule has 2 aromatic carbocycles. The first kappa shape index (κ1) is 21.1. The fraction of sp³-hybridized carbons (Fsp3) is 0.250. The number of Topliss-reactive ketones (excluding diaryl/α,β-unsaturated/α-hetero) is 1. The largest absolute Gasteiger partial charge is 0.329 e. The smallest absolute Gasteiger partial charge is 0.262 e. The highest BCUT2D eigenvalue weighted by molar-refractivity contribution is 7.98. The molecule has 31 heavy (non-hydrogen) atoms. The lowest BCUT2D eigenvalue weighted by atomic mass is 9.99. The van der Waals surface area contributed by atoms with Crippen LogP contribution in [0.1, 0.15) is 55.9 Å². The molecule has 6 nitrogen and oxygen atoms in total. The van der Waals surface area contributed by atoms with Crippen molar-refractivity contribution in [3.8, 4) is 0 Å². The molecule has 0 bridgehead atoms. The number of hydrogen-bond acceptors (Lipinski definition) is 5. The number of fused-ring (bicyclic) bond motifs is 1. The second-order valence-corrected chi connectivity index (χ2v) is 8.54. The van der Waals surface area contributed by atoms with Gasteiger partial charge in [0.1, 0.15) is 6.04 Å². The molecular weight excluding hydrogens is 412 g/mol. The van der Waals surface area contributed by atoms with E-state index in [1.54, 1.807) is 30.0 Å². The Labute approximate surface area is 184 Å². The van der Waals surface area contributed by atoms with Crippen LogP contribution in [0.5, 0.6) is 0 Å². The monoisotopic (exact) mass is 434 g/mol. The number of carbonyl (C=O) groups is 4. The first-order chi connectivity index (χ1) is 14.9. The standard InChI is InChI=1S/C24H22N2O4S/c1-14-3-11-20(22(28)25-14)26-23(29)18-10-4-15(13-19(18)24(26)30)5-12-21(27)16-6-8-17(31-2)9-7-16/h4,6-10,13,20H,1,3,5,11-12H2,2H3,(H,25,28). The number of amides is 3. The van der Waals surface area contributed by atoms with Gasteiger partial charge in [-0.05, 0) is 55.3 Å². The molecule has 1 N–H and O–H groups in total. The molecule has 1 atom stereocenters. The average Bonchev–Trinajstić information content (AvgIpc) is 3.02. The number of nitrogens with zero attached hydrogens (tertiary/aromatic N) is 1. The van der Waals surface area contributed by atoms with E-state index in [1.165, 1.54) is 0 Å². The van der Waals surface area contributed by atoms with E-state index in [2.05, 4.69) is 11.9 Å². The summed E-state index contributed by atoms with van der Waals surface area (Å²) < 4.78 is 0. The lowest BCUT2D eigenvalue weighted by molar-refractivity contribution is -0.125. The highest BCUT2D eigenvalue weighted by Gasteiger charge is 2.43. The molecule has 1 fully saturated rings. The van der Waals surface area contributed by atoms with E-state index in [0.717, 1.165) is 15.4 Å². The van der Waals surface area contributed by atoms with Crippen LogP contribution in [0.4, 0.5) is 0 Å². The number of aryl methyl sites for hydroxylation is 1. The molecule has 2 aromatic rings. The van der Waals surface area contributed by atoms with E-state index in [1.807, 2.05) is 30.5 Å². The van der Waals surface area contributed by atoms with Crippen molar-refractivity contribution in [2.75, 3.05) is 6.26 Å². The number of rotatable bonds is 6. The molecule has 0 spiro atoms. The van der Waals surface area contributed by atoms with E-state index in [9.17, 15) is 19.2 Å². The Morgan fingerprint density at radius 2 is 1.81 bits per heavy atom. The maximum Gasteiger partial charge on any atom is 0.262 e. The van der Waals surface area contributed by atoms with Crippen molar-refractivity contribution in [2.24, 2.45) is 0 Å². The minimum atomic E-state index is -0.827. The second-order valence-electron chi connectivity index (χ2n) is 7.66. The van der Waals surface area contributed by atoms with Crippen LogP contribution in [0.25, 0.3) is 0 Å². The Balaban J connectivity index is 1.47. The van der Waals surface area contributed by atoms with E-state index in [0.29, 0.717) is 42.5 Å². The molecule has 2 aliphatic rings. The van der Waals surface area contributed by atoms with E-state index >= 15 is 0 Å². The van der Waals surface area contributed by atoms with Gasteiger partial charge in [-0.15, -0.1) is 11.8 Å². The summed E-state index contributed by atoms with van der Waals surface area (Å²) in [6, 6.07) is 11.7. The van der Waals surface area contributed by atoms with E-state index < -0.39 is 17.9 Å². The quantitative estimate of drug-likeness (QED) is 0.427. The number of carbonyl (C=O) groups excluding carboxylic acids is 4. The van der Waals surface area contributed by atoms with Gasteiger partial charge in [0.05, 0.1) is 11.1 Å². The van der Waals surface area contributed by atoms with Crippen LogP contribution in [-0.4, -0.2) is 40.7 Å². The van der Waals surface area contributed by atoms with Crippen LogP contribution in [0.15, 0.2) is 59.6 Å². The third-order valence-electron chi connectivity index (χ3n) is 5.67. The Bertz CT molecular complexity index is 1110. The molecule has 2 aliphatic heterocycles. The minimum absolute atomic E-state index is 0.0243. The number of allylic oxidation sites excluding steroid dienone is 1. The van der Waals surface area contributed by atoms with Crippen molar-refractivity contribution in [1.29, 1.82) is 0 Å². The molecule has 7 heteroatoms. The lowest BCUT2D eigenvalue weighted by Crippen LogP contribution is -2.51. The number of piperidine rings is 1. The van der Waals surface area contributed by atoms with Crippen molar-refractivity contribution in [3.05, 3.63) is 77.0 Å². The average molecular weight is 435 g/mol. The number of ketones is 1. The van der Waals surface area contributed by atoms with Crippen molar-refractivity contribution >= 4 is 35.3 Å². The maximum absolute atomic E-state index is 12.9. The second kappa shape index (κ2) is 8.51. The summed E-state index contributed by atoms with van der Waals surface area (Å²) in [6.07, 6.45) is 3.63. The molecule has 0 radical (unpaired) electrons. The van der Waals surface area contributed by atoms with Gasteiger partial charge >= 0.3 is 0 Å². The van der Waals surface area contributed by atoms with Gasteiger partial charge in [-0.3, -0.25) is 24.1 Å². The van der Waals surface area contributed by atoms with Crippen molar-refractivity contribution in [1.82, 2.24) is 10.2 Å². The molecule has 0 aromatic heterocycles. The van der Waals surface area contributed by atoms with E-state index in [-0.39, 0.29) is 17.3 Å². The summed E-state index contributed by atoms with van der Waals surface area (Å²) in [5, 5.41) is 2.62. The van der Waals surface area contributed by atoms with Crippen LogP contribution in [-0.2, 0) is 11.2 Å². The number of hydrogen-bond donors (Lipinski definition) is 1. The van der Waals surface area contributed by atoms with Crippen LogP contribution < -0.4 is 5.32 Å². The predicted molar refractivity (Wildman–Crippen MR) is 118 cm³/mol. The fourth-order valence-corrected chi connectivity index (χ4v) is 4.34. The van der Waals surface area contributed by atoms with Gasteiger partial charge in [0.2, 0.25) is 5.91 Å². The van der Waals surface area contributed by atoms with Crippen LogP contribution >= 0.6 is 11.8 Å². The number of benzene rings is 2. The van der Waals surface area contributed by atoms with Gasteiger partial charge in [-0.1, -0.05) is 24.8 Å². The molecular formula is C24H22N2O4S. The summed E-state index contributed by atoms with van der Waals surface area (Å²) in [5.41, 5.74) is 2.63. The van der Waals surface area contributed by atoms with Gasteiger partial charge in [0.15, 0.2) is 5.78 Å². The zero-order valence-corrected chi connectivity index (χ0v) is 18.0. The zero-order valence-electron chi connectivity index (χ0n) is 17.1. The maximum atomic E-state index is 12.9. The molecule has 3 amide bonds. The first-order valence-corrected chi connectivity index (χ1v) is 11.3. The minimum Gasteiger partial charge on any atom is -0.329 e. The number of thioether (sulfide) groups is 1. The van der Waals surface area contributed by atoms with Gasteiger partial charge in [0.25, 0.3) is 11.8 Å². The third kappa shape index (κ3) is 4.05. The van der Waals surface area contributed by atoms with Crippen LogP contribution in [0, 0.1) is 0 Å². The number of nitrogens with one attached hydrogen (secondary N) is 1. The van der Waals surface area contributed by atoms with Gasteiger partial charge in [-0.25, -0.2) is 0 Å². The predicted octanol–water partition coefficient (Wildman–Crippen LogP) is 3.61. The Morgan fingerprint density at radius 3 is 2.48 bits per heavy atom. The summed E-state index contributed by atoms with van der Waals surface area (Å²) in [6.45, 7) is 3.73. The Kier molecular flexibility index (Phi) is 5.78. The molecule has 158 valence electrons. The molecule has 4 rings (SSSR count). The summed E-state index contributed by atoms with van der Waals surface area (Å²) >= 11 is 1.62. The van der Waals surface area contributed by atoms with Crippen molar-refractivity contribution in [3.63, 3.8) is 0 Å². The molecule has 0 aliphatic carbocycles. The molecule has 1 unspecified atom stereocenters. The zero-order chi connectivity index (χ0) is 22.1. The van der Waals surface area contributed by atoms with Crippen molar-refractivity contribution in [2.45, 2.75) is 36.6 Å².